The molecule has 0 saturated carbocycles. The van der Waals surface area contributed by atoms with Crippen molar-refractivity contribution in [3.8, 4) is 0 Å². The molecule has 1 aromatic rings. The van der Waals surface area contributed by atoms with Crippen molar-refractivity contribution in [1.82, 2.24) is 10.2 Å². The summed E-state index contributed by atoms with van der Waals surface area (Å²) < 4.78 is 0.715. The van der Waals surface area contributed by atoms with Gasteiger partial charge in [0.25, 0.3) is 0 Å². The molecule has 1 rings (SSSR count). The van der Waals surface area contributed by atoms with Gasteiger partial charge in [-0.05, 0) is 19.9 Å². The molecule has 0 bridgehead atoms. The summed E-state index contributed by atoms with van der Waals surface area (Å²) in [6, 6.07) is 0. The van der Waals surface area contributed by atoms with Gasteiger partial charge in [0.05, 0.1) is 0 Å². The Kier molecular flexibility index (Phi) is 5.50. The third-order valence-corrected chi connectivity index (χ3v) is 1.88. The molecule has 0 unspecified atom stereocenters. The molecule has 0 radical (unpaired) electrons. The zero-order valence-electron chi connectivity index (χ0n) is 6.33. The Labute approximate surface area is 95.0 Å². The molecule has 5 heteroatoms. The van der Waals surface area contributed by atoms with Crippen molar-refractivity contribution in [2.45, 2.75) is 18.2 Å². The minimum absolute atomic E-state index is 0. The Morgan fingerprint density at radius 1 is 1.45 bits per heavy atom. The number of aromatic nitrogens is 2. The van der Waals surface area contributed by atoms with Crippen LogP contribution in [0.25, 0.3) is 6.08 Å². The summed E-state index contributed by atoms with van der Waals surface area (Å²) in [5.74, 6) is 0. The van der Waals surface area contributed by atoms with E-state index in [2.05, 4.69) is 22.8 Å². The number of nitrogens with zero attached hydrogens (tertiary/aromatic N) is 2. The second-order valence-electron chi connectivity index (χ2n) is 2.14. The first-order valence-corrected chi connectivity index (χ1v) is 4.12. The van der Waals surface area contributed by atoms with Crippen molar-refractivity contribution in [2.24, 2.45) is 0 Å². The van der Waals surface area contributed by atoms with E-state index in [0.29, 0.717) is 4.34 Å². The topological polar surface area (TPSA) is 25.8 Å². The summed E-state index contributed by atoms with van der Waals surface area (Å²) in [5.41, 5.74) is 1.23. The molecule has 62 valence electrons. The van der Waals surface area contributed by atoms with Gasteiger partial charge in [0, 0.05) is 0 Å². The van der Waals surface area contributed by atoms with E-state index < -0.39 is 0 Å². The van der Waals surface area contributed by atoms with Crippen LogP contribution >= 0.6 is 24.0 Å². The predicted octanol–water partition coefficient (Wildman–Crippen LogP) is 1.33. The fraction of sp³-hybridized carbons (Fsp3) is 0.333. The molecular formula is C6H10N2PoS2. The van der Waals surface area contributed by atoms with Crippen LogP contribution in [0.15, 0.2) is 9.91 Å². The van der Waals surface area contributed by atoms with Crippen LogP contribution < -0.4 is 0 Å². The van der Waals surface area contributed by atoms with E-state index >= 15 is 0 Å². The van der Waals surface area contributed by atoms with Crippen LogP contribution in [0.4, 0.5) is 0 Å². The third-order valence-electron chi connectivity index (χ3n) is 0.842. The number of hydrogen-bond donors (Lipinski definition) is 1. The molecule has 0 spiro atoms. The van der Waals surface area contributed by atoms with E-state index in [1.54, 1.807) is 0 Å². The van der Waals surface area contributed by atoms with E-state index in [1.807, 2.05) is 19.9 Å². The summed E-state index contributed by atoms with van der Waals surface area (Å²) in [4.78, 5) is 0. The molecular weight excluding hydrogens is 373 g/mol. The molecule has 0 saturated heterocycles. The van der Waals surface area contributed by atoms with E-state index in [9.17, 15) is 0 Å². The van der Waals surface area contributed by atoms with Gasteiger partial charge < -0.3 is 0 Å². The third kappa shape index (κ3) is 4.20. The molecule has 2 nitrogen and oxygen atoms in total. The van der Waals surface area contributed by atoms with Gasteiger partial charge in [-0.25, -0.2) is 0 Å². The fourth-order valence-corrected chi connectivity index (χ4v) is 1.50. The zero-order chi connectivity index (χ0) is 7.56. The fourth-order valence-electron chi connectivity index (χ4n) is 0.532. The molecule has 11 heavy (non-hydrogen) atoms. The molecule has 0 N–H and O–H groups in total. The van der Waals surface area contributed by atoms with Crippen molar-refractivity contribution < 1.29 is 0 Å². The van der Waals surface area contributed by atoms with Crippen molar-refractivity contribution in [3.05, 3.63) is 10.6 Å². The maximum absolute atomic E-state index is 4.04. The molecule has 0 amide bonds. The van der Waals surface area contributed by atoms with Gasteiger partial charge in [0.15, 0.2) is 4.34 Å². The van der Waals surface area contributed by atoms with Gasteiger partial charge in [-0.1, -0.05) is 16.9 Å². The van der Waals surface area contributed by atoms with Gasteiger partial charge in [-0.15, -0.1) is 22.8 Å². The molecule has 0 aliphatic rings. The number of thiol groups is 1. The quantitative estimate of drug-likeness (QED) is 0.741. The Bertz CT molecular complexity index is 253. The molecule has 0 atom stereocenters. The van der Waals surface area contributed by atoms with Crippen LogP contribution in [0.5, 0.6) is 0 Å². The first-order valence-electron chi connectivity index (χ1n) is 2.86. The Hall–Kier alpha value is 0.546. The van der Waals surface area contributed by atoms with Gasteiger partial charge in [0.2, 0.25) is 0 Å². The van der Waals surface area contributed by atoms with E-state index in [0.717, 1.165) is 5.01 Å². The Morgan fingerprint density at radius 2 is 2.09 bits per heavy atom. The number of rotatable bonds is 1. The van der Waals surface area contributed by atoms with Crippen LogP contribution in [-0.2, 0) is 0 Å². The van der Waals surface area contributed by atoms with E-state index in [4.69, 9.17) is 0 Å². The van der Waals surface area contributed by atoms with Gasteiger partial charge in [-0.3, -0.25) is 0 Å². The average molecular weight is 383 g/mol. The standard InChI is InChI=1S/C6H8N2S2.Po.2H/c1-4(2)3-5-7-8-6(9)10-5;;;/h3H,1-2H3,(H,8,9);;;. The van der Waals surface area contributed by atoms with Crippen LogP contribution in [0, 0.1) is 0 Å². The summed E-state index contributed by atoms with van der Waals surface area (Å²) in [5, 5.41) is 8.55. The maximum atomic E-state index is 4.04. The second-order valence-corrected chi connectivity index (χ2v) is 3.88. The van der Waals surface area contributed by atoms with Crippen molar-refractivity contribution >= 4 is 56.6 Å². The van der Waals surface area contributed by atoms with Gasteiger partial charge >= 0.3 is 26.6 Å². The zero-order valence-corrected chi connectivity index (χ0v) is 11.9. The first kappa shape index (κ1) is 11.5. The SMILES string of the molecule is CC(C)=Cc1nnc(S)s1.[PoH2]. The van der Waals surface area contributed by atoms with E-state index in [1.165, 1.54) is 16.9 Å². The van der Waals surface area contributed by atoms with Crippen LogP contribution in [0.2, 0.25) is 0 Å². The molecule has 0 aliphatic carbocycles. The molecule has 0 aliphatic heterocycles. The van der Waals surface area contributed by atoms with Crippen LogP contribution in [0.1, 0.15) is 18.9 Å². The van der Waals surface area contributed by atoms with Gasteiger partial charge in [-0.2, -0.15) is 0 Å². The Balaban J connectivity index is 0.000001000. The molecule has 0 fully saturated rings. The number of hydrogen-bond acceptors (Lipinski definition) is 4. The Morgan fingerprint density at radius 3 is 2.45 bits per heavy atom. The summed E-state index contributed by atoms with van der Waals surface area (Å²) in [6.07, 6.45) is 1.98. The average Bonchev–Trinajstić information content (AvgIpc) is 2.13. The normalized spacial score (nSPS) is 8.64. The van der Waals surface area contributed by atoms with Crippen LogP contribution in [0.3, 0.4) is 0 Å². The summed E-state index contributed by atoms with van der Waals surface area (Å²) >= 11 is 5.52. The molecule has 1 aromatic heterocycles. The predicted molar refractivity (Wildman–Crippen MR) is 55.0 cm³/mol. The van der Waals surface area contributed by atoms with Crippen molar-refractivity contribution in [2.75, 3.05) is 0 Å². The summed E-state index contributed by atoms with van der Waals surface area (Å²) in [6.45, 7) is 4.05. The summed E-state index contributed by atoms with van der Waals surface area (Å²) in [7, 11) is 0. The second kappa shape index (κ2) is 5.24. The van der Waals surface area contributed by atoms with Crippen molar-refractivity contribution in [3.63, 3.8) is 0 Å². The number of allylic oxidation sites excluding steroid dienone is 1. The van der Waals surface area contributed by atoms with Crippen LogP contribution in [-0.4, -0.2) is 36.8 Å². The van der Waals surface area contributed by atoms with E-state index in [-0.39, 0.29) is 26.6 Å². The molecule has 1 heterocycles. The molecule has 0 aromatic carbocycles. The monoisotopic (exact) mass is 383 g/mol. The minimum atomic E-state index is 0. The van der Waals surface area contributed by atoms with Gasteiger partial charge in [0.1, 0.15) is 5.01 Å². The van der Waals surface area contributed by atoms with Crippen molar-refractivity contribution in [1.29, 1.82) is 0 Å². The first-order chi connectivity index (χ1) is 4.68.